The molecule has 0 heterocycles. The summed E-state index contributed by atoms with van der Waals surface area (Å²) in [4.78, 5) is 0. The molecule has 3 heteroatoms. The lowest BCUT2D eigenvalue weighted by molar-refractivity contribution is 0.237. The summed E-state index contributed by atoms with van der Waals surface area (Å²) < 4.78 is 5.93. The molecule has 0 saturated heterocycles. The lowest BCUT2D eigenvalue weighted by atomic mass is 10.1. The Labute approximate surface area is 117 Å². The second kappa shape index (κ2) is 6.38. The maximum absolute atomic E-state index is 9.89. The van der Waals surface area contributed by atoms with Crippen LogP contribution in [-0.4, -0.2) is 20.0 Å². The first kappa shape index (κ1) is 16.0. The van der Waals surface area contributed by atoms with Crippen molar-refractivity contribution in [2.24, 2.45) is 0 Å². The summed E-state index contributed by atoms with van der Waals surface area (Å²) in [6, 6.07) is 9.45. The standard InChI is InChI=1S/C16H24O2Si/c1-16(2,3)19(4,5)18-13-9-12-15(17)14-10-7-6-8-11-14/h6-8,10-11,15,17H,13H2,1-5H3/t15-/m0/s1. The normalized spacial score (nSPS) is 13.6. The van der Waals surface area contributed by atoms with Crippen LogP contribution in [-0.2, 0) is 4.43 Å². The SMILES string of the molecule is CC(C)(C)[Si](C)(C)OCC#C[C@H](O)c1ccccc1. The summed E-state index contributed by atoms with van der Waals surface area (Å²) in [5.74, 6) is 5.75. The summed E-state index contributed by atoms with van der Waals surface area (Å²) in [5, 5.41) is 10.1. The van der Waals surface area contributed by atoms with Gasteiger partial charge in [0.2, 0.25) is 0 Å². The number of rotatable bonds is 3. The van der Waals surface area contributed by atoms with Crippen molar-refractivity contribution in [2.75, 3.05) is 6.61 Å². The molecule has 1 rings (SSSR count). The molecule has 0 aliphatic heterocycles. The fraction of sp³-hybridized carbons (Fsp3) is 0.500. The Hall–Kier alpha value is -1.08. The summed E-state index contributed by atoms with van der Waals surface area (Å²) in [7, 11) is -1.74. The maximum Gasteiger partial charge on any atom is 0.193 e. The molecule has 1 aromatic rings. The van der Waals surface area contributed by atoms with Crippen molar-refractivity contribution >= 4 is 8.32 Å². The minimum atomic E-state index is -1.74. The Morgan fingerprint density at radius 2 is 1.79 bits per heavy atom. The highest BCUT2D eigenvalue weighted by Gasteiger charge is 2.36. The fourth-order valence-corrected chi connectivity index (χ4v) is 2.16. The molecule has 0 bridgehead atoms. The van der Waals surface area contributed by atoms with Gasteiger partial charge in [0.25, 0.3) is 0 Å². The van der Waals surface area contributed by atoms with Gasteiger partial charge in [0.05, 0.1) is 6.61 Å². The van der Waals surface area contributed by atoms with Gasteiger partial charge in [-0.25, -0.2) is 0 Å². The van der Waals surface area contributed by atoms with E-state index in [1.165, 1.54) is 0 Å². The Balaban J connectivity index is 2.53. The summed E-state index contributed by atoms with van der Waals surface area (Å²) in [6.45, 7) is 11.4. The van der Waals surface area contributed by atoms with Crippen molar-refractivity contribution in [3.05, 3.63) is 35.9 Å². The van der Waals surface area contributed by atoms with Crippen molar-refractivity contribution in [2.45, 2.75) is 45.0 Å². The van der Waals surface area contributed by atoms with Crippen LogP contribution in [0.25, 0.3) is 0 Å². The molecule has 0 aliphatic rings. The van der Waals surface area contributed by atoms with Gasteiger partial charge < -0.3 is 9.53 Å². The second-order valence-corrected chi connectivity index (χ2v) is 11.0. The molecule has 0 fully saturated rings. The van der Waals surface area contributed by atoms with E-state index >= 15 is 0 Å². The molecule has 0 aliphatic carbocycles. The lowest BCUT2D eigenvalue weighted by Crippen LogP contribution is -2.40. The van der Waals surface area contributed by atoms with E-state index in [1.54, 1.807) is 0 Å². The number of benzene rings is 1. The molecule has 0 unspecified atom stereocenters. The zero-order valence-electron chi connectivity index (χ0n) is 12.5. The van der Waals surface area contributed by atoms with Gasteiger partial charge >= 0.3 is 0 Å². The minimum Gasteiger partial charge on any atom is -0.406 e. The average molecular weight is 276 g/mol. The van der Waals surface area contributed by atoms with E-state index in [-0.39, 0.29) is 5.04 Å². The van der Waals surface area contributed by atoms with Crippen LogP contribution in [0.3, 0.4) is 0 Å². The van der Waals surface area contributed by atoms with Gasteiger partial charge in [-0.3, -0.25) is 0 Å². The van der Waals surface area contributed by atoms with Gasteiger partial charge in [-0.05, 0) is 23.7 Å². The third-order valence-corrected chi connectivity index (χ3v) is 8.14. The lowest BCUT2D eigenvalue weighted by Gasteiger charge is -2.35. The molecule has 2 nitrogen and oxygen atoms in total. The minimum absolute atomic E-state index is 0.187. The van der Waals surface area contributed by atoms with Gasteiger partial charge in [-0.15, -0.1) is 0 Å². The average Bonchev–Trinajstić information content (AvgIpc) is 2.34. The molecule has 0 saturated carbocycles. The van der Waals surface area contributed by atoms with Crippen LogP contribution in [0, 0.1) is 11.8 Å². The van der Waals surface area contributed by atoms with E-state index in [0.29, 0.717) is 6.61 Å². The molecular formula is C16H24O2Si. The summed E-state index contributed by atoms with van der Waals surface area (Å²) in [6.07, 6.45) is -0.732. The van der Waals surface area contributed by atoms with Crippen LogP contribution in [0.1, 0.15) is 32.4 Å². The molecule has 0 aromatic heterocycles. The first-order valence-electron chi connectivity index (χ1n) is 6.59. The van der Waals surface area contributed by atoms with Gasteiger partial charge in [-0.1, -0.05) is 62.9 Å². The van der Waals surface area contributed by atoms with Crippen molar-refractivity contribution in [1.29, 1.82) is 0 Å². The Morgan fingerprint density at radius 3 is 2.32 bits per heavy atom. The van der Waals surface area contributed by atoms with E-state index < -0.39 is 14.4 Å². The molecule has 1 N–H and O–H groups in total. The quantitative estimate of drug-likeness (QED) is 0.673. The molecule has 0 amide bonds. The largest absolute Gasteiger partial charge is 0.406 e. The molecule has 0 radical (unpaired) electrons. The monoisotopic (exact) mass is 276 g/mol. The van der Waals surface area contributed by atoms with Gasteiger partial charge in [-0.2, -0.15) is 0 Å². The highest BCUT2D eigenvalue weighted by atomic mass is 28.4. The smallest absolute Gasteiger partial charge is 0.193 e. The third-order valence-electron chi connectivity index (χ3n) is 3.67. The van der Waals surface area contributed by atoms with E-state index in [9.17, 15) is 5.11 Å². The van der Waals surface area contributed by atoms with Crippen LogP contribution < -0.4 is 0 Å². The predicted octanol–water partition coefficient (Wildman–Crippen LogP) is 3.75. The van der Waals surface area contributed by atoms with E-state index in [1.807, 2.05) is 30.3 Å². The Kier molecular flexibility index (Phi) is 5.36. The van der Waals surface area contributed by atoms with E-state index in [0.717, 1.165) is 5.56 Å². The van der Waals surface area contributed by atoms with Crippen molar-refractivity contribution in [3.63, 3.8) is 0 Å². The first-order valence-corrected chi connectivity index (χ1v) is 9.50. The fourth-order valence-electron chi connectivity index (χ4n) is 1.29. The van der Waals surface area contributed by atoms with E-state index in [2.05, 4.69) is 45.7 Å². The van der Waals surface area contributed by atoms with Gasteiger partial charge in [0.15, 0.2) is 8.32 Å². The number of hydrogen-bond donors (Lipinski definition) is 1. The van der Waals surface area contributed by atoms with Crippen LogP contribution in [0.15, 0.2) is 30.3 Å². The van der Waals surface area contributed by atoms with Gasteiger partial charge in [0.1, 0.15) is 6.10 Å². The number of aliphatic hydroxyl groups excluding tert-OH is 1. The molecule has 1 aromatic carbocycles. The summed E-state index contributed by atoms with van der Waals surface area (Å²) in [5.41, 5.74) is 0.822. The first-order chi connectivity index (χ1) is 8.74. The maximum atomic E-state index is 9.89. The molecule has 1 atom stereocenters. The van der Waals surface area contributed by atoms with Crippen LogP contribution in [0.4, 0.5) is 0 Å². The molecule has 104 valence electrons. The van der Waals surface area contributed by atoms with Crippen LogP contribution >= 0.6 is 0 Å². The number of hydrogen-bond acceptors (Lipinski definition) is 2. The summed E-state index contributed by atoms with van der Waals surface area (Å²) >= 11 is 0. The van der Waals surface area contributed by atoms with Crippen LogP contribution in [0.2, 0.25) is 18.1 Å². The van der Waals surface area contributed by atoms with Gasteiger partial charge in [0, 0.05) is 0 Å². The topological polar surface area (TPSA) is 29.5 Å². The zero-order chi connectivity index (χ0) is 14.5. The highest BCUT2D eigenvalue weighted by molar-refractivity contribution is 6.74. The molecule has 19 heavy (non-hydrogen) atoms. The Morgan fingerprint density at radius 1 is 1.21 bits per heavy atom. The van der Waals surface area contributed by atoms with E-state index in [4.69, 9.17) is 4.43 Å². The van der Waals surface area contributed by atoms with Crippen LogP contribution in [0.5, 0.6) is 0 Å². The van der Waals surface area contributed by atoms with Crippen molar-refractivity contribution in [1.82, 2.24) is 0 Å². The highest BCUT2D eigenvalue weighted by Crippen LogP contribution is 2.36. The Bertz CT molecular complexity index is 449. The zero-order valence-corrected chi connectivity index (χ0v) is 13.5. The second-order valence-electron chi connectivity index (χ2n) is 6.18. The molecule has 0 spiro atoms. The molecular weight excluding hydrogens is 252 g/mol. The third kappa shape index (κ3) is 4.83. The van der Waals surface area contributed by atoms with Crippen molar-refractivity contribution < 1.29 is 9.53 Å². The predicted molar refractivity (Wildman–Crippen MR) is 82.3 cm³/mol. The number of aliphatic hydroxyl groups is 1. The van der Waals surface area contributed by atoms with Crippen molar-refractivity contribution in [3.8, 4) is 11.8 Å².